The van der Waals surface area contributed by atoms with Gasteiger partial charge in [-0.1, -0.05) is 23.7 Å². The van der Waals surface area contributed by atoms with E-state index in [-0.39, 0.29) is 18.4 Å². The molecule has 25 heavy (non-hydrogen) atoms. The molecule has 2 aromatic rings. The Hall–Kier alpha value is -2.38. The van der Waals surface area contributed by atoms with Crippen molar-refractivity contribution in [1.82, 2.24) is 14.7 Å². The molecule has 1 fully saturated rings. The Morgan fingerprint density at radius 3 is 2.76 bits per heavy atom. The smallest absolute Gasteiger partial charge is 0.256 e. The zero-order chi connectivity index (χ0) is 18.0. The fourth-order valence-electron chi connectivity index (χ4n) is 2.80. The lowest BCUT2D eigenvalue weighted by Crippen LogP contribution is -2.51. The number of rotatable bonds is 4. The molecule has 0 aliphatic carbocycles. The number of aryl methyl sites for hydroxylation is 1. The molecule has 0 spiro atoms. The number of aromatic nitrogens is 2. The largest absolute Gasteiger partial charge is 0.356 e. The van der Waals surface area contributed by atoms with E-state index >= 15 is 0 Å². The van der Waals surface area contributed by atoms with Crippen molar-refractivity contribution in [2.45, 2.75) is 25.6 Å². The summed E-state index contributed by atoms with van der Waals surface area (Å²) >= 11 is 5.94. The van der Waals surface area contributed by atoms with Crippen LogP contribution < -0.4 is 5.32 Å². The summed E-state index contributed by atoms with van der Waals surface area (Å²) in [5.74, 6) is -0.502. The maximum atomic E-state index is 12.7. The van der Waals surface area contributed by atoms with Crippen molar-refractivity contribution in [2.75, 3.05) is 19.0 Å². The molecule has 0 radical (unpaired) electrons. The first-order chi connectivity index (χ1) is 12.0. The highest BCUT2D eigenvalue weighted by Crippen LogP contribution is 2.30. The van der Waals surface area contributed by atoms with Gasteiger partial charge in [-0.25, -0.2) is 0 Å². The summed E-state index contributed by atoms with van der Waals surface area (Å²) in [6, 6.07) is 6.51. The van der Waals surface area contributed by atoms with Gasteiger partial charge in [0.25, 0.3) is 5.91 Å². The highest BCUT2D eigenvalue weighted by molar-refractivity contribution is 6.30. The summed E-state index contributed by atoms with van der Waals surface area (Å²) in [7, 11) is 1.67. The molecule has 8 heteroatoms. The number of carbonyl (C=O) groups excluding carboxylic acids is 2. The molecule has 2 heterocycles. The van der Waals surface area contributed by atoms with Crippen molar-refractivity contribution in [3.05, 3.63) is 47.2 Å². The first-order valence-electron chi connectivity index (χ1n) is 7.95. The third-order valence-electron chi connectivity index (χ3n) is 4.18. The molecular weight excluding hydrogens is 344 g/mol. The number of carbonyl (C=O) groups is 2. The van der Waals surface area contributed by atoms with E-state index in [0.717, 1.165) is 5.56 Å². The fourth-order valence-corrected chi connectivity index (χ4v) is 2.93. The minimum atomic E-state index is -0.825. The van der Waals surface area contributed by atoms with E-state index in [9.17, 15) is 9.59 Å². The van der Waals surface area contributed by atoms with E-state index in [1.54, 1.807) is 48.4 Å². The van der Waals surface area contributed by atoms with Gasteiger partial charge < -0.3 is 15.0 Å². The zero-order valence-electron chi connectivity index (χ0n) is 14.0. The standard InChI is InChI=1S/C17H19ClN4O3/c1-3-22-9-13(8-19-22)20-17(24)16-15(21(2)14(23)10-25-16)11-4-6-12(18)7-5-11/h4-9,15-16H,3,10H2,1-2H3,(H,20,24)/t15-,16+/m0/s1. The van der Waals surface area contributed by atoms with E-state index in [1.165, 1.54) is 4.90 Å². The predicted octanol–water partition coefficient (Wildman–Crippen LogP) is 2.09. The summed E-state index contributed by atoms with van der Waals surface area (Å²) in [5.41, 5.74) is 1.37. The van der Waals surface area contributed by atoms with Crippen molar-refractivity contribution in [2.24, 2.45) is 0 Å². The first-order valence-corrected chi connectivity index (χ1v) is 8.33. The molecule has 1 aromatic carbocycles. The average molecular weight is 363 g/mol. The van der Waals surface area contributed by atoms with Gasteiger partial charge in [-0.15, -0.1) is 0 Å². The lowest BCUT2D eigenvalue weighted by molar-refractivity contribution is -0.160. The summed E-state index contributed by atoms with van der Waals surface area (Å²) in [4.78, 5) is 26.3. The normalized spacial score (nSPS) is 20.6. The van der Waals surface area contributed by atoms with Crippen LogP contribution in [0.3, 0.4) is 0 Å². The highest BCUT2D eigenvalue weighted by atomic mass is 35.5. The number of ether oxygens (including phenoxy) is 1. The molecule has 0 bridgehead atoms. The fraction of sp³-hybridized carbons (Fsp3) is 0.353. The number of anilines is 1. The zero-order valence-corrected chi connectivity index (χ0v) is 14.7. The first kappa shape index (κ1) is 17.4. The number of halogens is 1. The molecular formula is C17H19ClN4O3. The molecule has 1 aliphatic heterocycles. The van der Waals surface area contributed by atoms with Crippen LogP contribution in [-0.4, -0.2) is 46.3 Å². The Balaban J connectivity index is 1.84. The Morgan fingerprint density at radius 2 is 2.12 bits per heavy atom. The number of amides is 2. The van der Waals surface area contributed by atoms with Crippen LogP contribution in [0.15, 0.2) is 36.7 Å². The van der Waals surface area contributed by atoms with Crippen LogP contribution in [0.25, 0.3) is 0 Å². The van der Waals surface area contributed by atoms with Crippen LogP contribution in [0.2, 0.25) is 5.02 Å². The SMILES string of the molecule is CCn1cc(NC(=O)[C@@H]2OCC(=O)N(C)[C@H]2c2ccc(Cl)cc2)cn1. The minimum absolute atomic E-state index is 0.132. The van der Waals surface area contributed by atoms with Gasteiger partial charge in [-0.2, -0.15) is 5.10 Å². The van der Waals surface area contributed by atoms with E-state index in [0.29, 0.717) is 17.3 Å². The van der Waals surface area contributed by atoms with Crippen molar-refractivity contribution >= 4 is 29.1 Å². The number of nitrogens with one attached hydrogen (secondary N) is 1. The number of likely N-dealkylation sites (N-methyl/N-ethyl adjacent to an activating group) is 1. The molecule has 1 N–H and O–H groups in total. The van der Waals surface area contributed by atoms with Crippen molar-refractivity contribution < 1.29 is 14.3 Å². The monoisotopic (exact) mass is 362 g/mol. The quantitative estimate of drug-likeness (QED) is 0.903. The molecule has 2 atom stereocenters. The third-order valence-corrected chi connectivity index (χ3v) is 4.43. The molecule has 7 nitrogen and oxygen atoms in total. The summed E-state index contributed by atoms with van der Waals surface area (Å²) in [6.07, 6.45) is 2.50. The lowest BCUT2D eigenvalue weighted by atomic mass is 9.97. The number of hydrogen-bond acceptors (Lipinski definition) is 4. The van der Waals surface area contributed by atoms with E-state index < -0.39 is 12.1 Å². The van der Waals surface area contributed by atoms with Gasteiger partial charge in [-0.05, 0) is 24.6 Å². The molecule has 1 saturated heterocycles. The van der Waals surface area contributed by atoms with Gasteiger partial charge in [-0.3, -0.25) is 14.3 Å². The molecule has 0 saturated carbocycles. The molecule has 0 unspecified atom stereocenters. The van der Waals surface area contributed by atoms with Crippen LogP contribution in [0.1, 0.15) is 18.5 Å². The Kier molecular flexibility index (Phi) is 5.06. The number of nitrogens with zero attached hydrogens (tertiary/aromatic N) is 3. The highest BCUT2D eigenvalue weighted by Gasteiger charge is 2.40. The van der Waals surface area contributed by atoms with Crippen molar-refractivity contribution in [1.29, 1.82) is 0 Å². The second kappa shape index (κ2) is 7.25. The van der Waals surface area contributed by atoms with Gasteiger partial charge >= 0.3 is 0 Å². The lowest BCUT2D eigenvalue weighted by Gasteiger charge is -2.38. The average Bonchev–Trinajstić information content (AvgIpc) is 3.05. The van der Waals surface area contributed by atoms with Crippen molar-refractivity contribution in [3.8, 4) is 0 Å². The second-order valence-electron chi connectivity index (χ2n) is 5.81. The number of hydrogen-bond donors (Lipinski definition) is 1. The second-order valence-corrected chi connectivity index (χ2v) is 6.24. The molecule has 1 aromatic heterocycles. The molecule has 132 valence electrons. The van der Waals surface area contributed by atoms with E-state index in [2.05, 4.69) is 10.4 Å². The minimum Gasteiger partial charge on any atom is -0.356 e. The maximum Gasteiger partial charge on any atom is 0.256 e. The van der Waals surface area contributed by atoms with Crippen LogP contribution in [0.4, 0.5) is 5.69 Å². The molecule has 3 rings (SSSR count). The van der Waals surface area contributed by atoms with Gasteiger partial charge in [0.05, 0.1) is 17.9 Å². The summed E-state index contributed by atoms with van der Waals surface area (Å²) in [6.45, 7) is 2.54. The van der Waals surface area contributed by atoms with Gasteiger partial charge in [0.1, 0.15) is 6.61 Å². The molecule has 2 amide bonds. The Labute approximate surface area is 150 Å². The van der Waals surface area contributed by atoms with Gasteiger partial charge in [0, 0.05) is 24.8 Å². The van der Waals surface area contributed by atoms with Crippen LogP contribution in [-0.2, 0) is 20.9 Å². The number of benzene rings is 1. The summed E-state index contributed by atoms with van der Waals surface area (Å²) in [5, 5.41) is 7.52. The predicted molar refractivity (Wildman–Crippen MR) is 93.2 cm³/mol. The summed E-state index contributed by atoms with van der Waals surface area (Å²) < 4.78 is 7.27. The maximum absolute atomic E-state index is 12.7. The van der Waals surface area contributed by atoms with Crippen LogP contribution >= 0.6 is 11.6 Å². The van der Waals surface area contributed by atoms with Crippen LogP contribution in [0.5, 0.6) is 0 Å². The van der Waals surface area contributed by atoms with E-state index in [1.807, 2.05) is 6.92 Å². The topological polar surface area (TPSA) is 76.5 Å². The number of morpholine rings is 1. The van der Waals surface area contributed by atoms with Crippen LogP contribution in [0, 0.1) is 0 Å². The third kappa shape index (κ3) is 3.67. The van der Waals surface area contributed by atoms with Gasteiger partial charge in [0.15, 0.2) is 6.10 Å². The molecule has 1 aliphatic rings. The Morgan fingerprint density at radius 1 is 1.40 bits per heavy atom. The van der Waals surface area contributed by atoms with Crippen molar-refractivity contribution in [3.63, 3.8) is 0 Å². The van der Waals surface area contributed by atoms with E-state index in [4.69, 9.17) is 16.3 Å². The Bertz CT molecular complexity index is 774. The van der Waals surface area contributed by atoms with Gasteiger partial charge in [0.2, 0.25) is 5.91 Å².